The van der Waals surface area contributed by atoms with Gasteiger partial charge >= 0.3 is 0 Å². The van der Waals surface area contributed by atoms with Crippen LogP contribution in [0.25, 0.3) is 10.9 Å². The maximum Gasteiger partial charge on any atom is 0.253 e. The van der Waals surface area contributed by atoms with Crippen LogP contribution in [0.4, 0.5) is 0 Å². The number of hydrogen-bond acceptors (Lipinski definition) is 1. The van der Waals surface area contributed by atoms with E-state index in [-0.39, 0.29) is 5.91 Å². The van der Waals surface area contributed by atoms with Crippen LogP contribution in [0.3, 0.4) is 0 Å². The van der Waals surface area contributed by atoms with E-state index in [0.29, 0.717) is 0 Å². The average Bonchev–Trinajstić information content (AvgIpc) is 3.02. The Morgan fingerprint density at radius 1 is 1.41 bits per heavy atom. The standard InChI is InChI=1S/C14H16N2O/c1-16(9-10-2-3-10)14(17)12-5-4-11-6-7-15-13(11)8-12/h4-8,10,15H,2-3,9H2,1H3. The van der Waals surface area contributed by atoms with Crippen LogP contribution in [0.2, 0.25) is 0 Å². The summed E-state index contributed by atoms with van der Waals surface area (Å²) in [5.41, 5.74) is 1.79. The summed E-state index contributed by atoms with van der Waals surface area (Å²) in [5, 5.41) is 1.14. The van der Waals surface area contributed by atoms with E-state index < -0.39 is 0 Å². The van der Waals surface area contributed by atoms with Crippen molar-refractivity contribution in [3.63, 3.8) is 0 Å². The highest BCUT2D eigenvalue weighted by atomic mass is 16.2. The van der Waals surface area contributed by atoms with Gasteiger partial charge in [0.05, 0.1) is 0 Å². The molecule has 88 valence electrons. The van der Waals surface area contributed by atoms with Crippen LogP contribution < -0.4 is 0 Å². The van der Waals surface area contributed by atoms with E-state index in [1.54, 1.807) is 0 Å². The van der Waals surface area contributed by atoms with Gasteiger partial charge in [0, 0.05) is 30.9 Å². The van der Waals surface area contributed by atoms with Crippen LogP contribution in [0.5, 0.6) is 0 Å². The third kappa shape index (κ3) is 2.05. The Hall–Kier alpha value is -1.77. The zero-order valence-electron chi connectivity index (χ0n) is 9.94. The molecule has 0 atom stereocenters. The number of H-pyrrole nitrogens is 1. The number of fused-ring (bicyclic) bond motifs is 1. The first-order chi connectivity index (χ1) is 8.24. The Bertz CT molecular complexity index is 554. The predicted octanol–water partition coefficient (Wildman–Crippen LogP) is 2.65. The topological polar surface area (TPSA) is 36.1 Å². The minimum absolute atomic E-state index is 0.119. The fraction of sp³-hybridized carbons (Fsp3) is 0.357. The van der Waals surface area contributed by atoms with Crippen molar-refractivity contribution in [1.29, 1.82) is 0 Å². The predicted molar refractivity (Wildman–Crippen MR) is 68.0 cm³/mol. The first kappa shape index (κ1) is 10.4. The van der Waals surface area contributed by atoms with Gasteiger partial charge in [0.25, 0.3) is 5.91 Å². The third-order valence-corrected chi connectivity index (χ3v) is 3.38. The van der Waals surface area contributed by atoms with Crippen molar-refractivity contribution in [1.82, 2.24) is 9.88 Å². The van der Waals surface area contributed by atoms with Gasteiger partial charge in [-0.3, -0.25) is 4.79 Å². The maximum absolute atomic E-state index is 12.2. The number of aromatic amines is 1. The molecule has 0 radical (unpaired) electrons. The minimum atomic E-state index is 0.119. The van der Waals surface area contributed by atoms with Crippen molar-refractivity contribution in [2.45, 2.75) is 12.8 Å². The molecule has 1 aliphatic carbocycles. The molecule has 3 rings (SSSR count). The molecule has 1 saturated carbocycles. The summed E-state index contributed by atoms with van der Waals surface area (Å²) in [6.45, 7) is 0.890. The summed E-state index contributed by atoms with van der Waals surface area (Å²) in [6.07, 6.45) is 4.44. The molecule has 2 aromatic rings. The fourth-order valence-corrected chi connectivity index (χ4v) is 2.17. The lowest BCUT2D eigenvalue weighted by Crippen LogP contribution is -2.28. The van der Waals surface area contributed by atoms with Gasteiger partial charge < -0.3 is 9.88 Å². The molecular formula is C14H16N2O. The molecule has 3 nitrogen and oxygen atoms in total. The van der Waals surface area contributed by atoms with Crippen molar-refractivity contribution < 1.29 is 4.79 Å². The van der Waals surface area contributed by atoms with Gasteiger partial charge in [-0.25, -0.2) is 0 Å². The van der Waals surface area contributed by atoms with Crippen LogP contribution >= 0.6 is 0 Å². The van der Waals surface area contributed by atoms with E-state index in [1.165, 1.54) is 12.8 Å². The van der Waals surface area contributed by atoms with Crippen molar-refractivity contribution in [2.75, 3.05) is 13.6 Å². The first-order valence-corrected chi connectivity index (χ1v) is 6.06. The number of carbonyl (C=O) groups is 1. The zero-order valence-corrected chi connectivity index (χ0v) is 9.94. The van der Waals surface area contributed by atoms with Crippen LogP contribution in [0, 0.1) is 5.92 Å². The first-order valence-electron chi connectivity index (χ1n) is 6.06. The highest BCUT2D eigenvalue weighted by Crippen LogP contribution is 2.29. The van der Waals surface area contributed by atoms with Gasteiger partial charge in [-0.05, 0) is 42.3 Å². The van der Waals surface area contributed by atoms with Crippen LogP contribution in [-0.2, 0) is 0 Å². The van der Waals surface area contributed by atoms with Crippen LogP contribution in [-0.4, -0.2) is 29.4 Å². The van der Waals surface area contributed by atoms with Crippen molar-refractivity contribution >= 4 is 16.8 Å². The summed E-state index contributed by atoms with van der Waals surface area (Å²) in [7, 11) is 1.89. The summed E-state index contributed by atoms with van der Waals surface area (Å²) >= 11 is 0. The molecule has 0 spiro atoms. The lowest BCUT2D eigenvalue weighted by molar-refractivity contribution is 0.0789. The molecule has 0 saturated heterocycles. The average molecular weight is 228 g/mol. The summed E-state index contributed by atoms with van der Waals surface area (Å²) in [5.74, 6) is 0.853. The van der Waals surface area contributed by atoms with E-state index in [2.05, 4.69) is 4.98 Å². The van der Waals surface area contributed by atoms with Gasteiger partial charge in [-0.15, -0.1) is 0 Å². The fourth-order valence-electron chi connectivity index (χ4n) is 2.17. The maximum atomic E-state index is 12.2. The highest BCUT2D eigenvalue weighted by molar-refractivity contribution is 5.97. The van der Waals surface area contributed by atoms with Gasteiger partial charge in [-0.1, -0.05) is 6.07 Å². The number of nitrogens with zero attached hydrogens (tertiary/aromatic N) is 1. The molecule has 1 aromatic heterocycles. The number of benzene rings is 1. The summed E-state index contributed by atoms with van der Waals surface area (Å²) < 4.78 is 0. The highest BCUT2D eigenvalue weighted by Gasteiger charge is 2.25. The molecular weight excluding hydrogens is 212 g/mol. The van der Waals surface area contributed by atoms with Gasteiger partial charge in [0.2, 0.25) is 0 Å². The Labute approximate surface area is 100 Å². The molecule has 1 amide bonds. The lowest BCUT2D eigenvalue weighted by Gasteiger charge is -2.16. The molecule has 0 bridgehead atoms. The Balaban J connectivity index is 1.83. The van der Waals surface area contributed by atoms with E-state index in [9.17, 15) is 4.79 Å². The van der Waals surface area contributed by atoms with Gasteiger partial charge in [0.1, 0.15) is 0 Å². The second-order valence-electron chi connectivity index (χ2n) is 4.91. The zero-order chi connectivity index (χ0) is 11.8. The number of carbonyl (C=O) groups excluding carboxylic acids is 1. The van der Waals surface area contributed by atoms with Crippen LogP contribution in [0.1, 0.15) is 23.2 Å². The second kappa shape index (κ2) is 3.91. The number of nitrogens with one attached hydrogen (secondary N) is 1. The van der Waals surface area contributed by atoms with E-state index in [0.717, 1.165) is 28.9 Å². The molecule has 1 aromatic carbocycles. The number of hydrogen-bond donors (Lipinski definition) is 1. The van der Waals surface area contributed by atoms with Crippen molar-refractivity contribution in [3.8, 4) is 0 Å². The van der Waals surface area contributed by atoms with Crippen LogP contribution in [0.15, 0.2) is 30.5 Å². The summed E-state index contributed by atoms with van der Waals surface area (Å²) in [4.78, 5) is 17.2. The molecule has 1 N–H and O–H groups in total. The second-order valence-corrected chi connectivity index (χ2v) is 4.91. The minimum Gasteiger partial charge on any atom is -0.361 e. The molecule has 0 aliphatic heterocycles. The third-order valence-electron chi connectivity index (χ3n) is 3.38. The monoisotopic (exact) mass is 228 g/mol. The molecule has 1 heterocycles. The van der Waals surface area contributed by atoms with E-state index in [1.807, 2.05) is 42.4 Å². The van der Waals surface area contributed by atoms with Gasteiger partial charge in [-0.2, -0.15) is 0 Å². The molecule has 17 heavy (non-hydrogen) atoms. The SMILES string of the molecule is CN(CC1CC1)C(=O)c1ccc2cc[nH]c2c1. The van der Waals surface area contributed by atoms with E-state index >= 15 is 0 Å². The Kier molecular flexibility index (Phi) is 2.39. The Morgan fingerprint density at radius 2 is 2.24 bits per heavy atom. The summed E-state index contributed by atoms with van der Waals surface area (Å²) in [6, 6.07) is 7.84. The van der Waals surface area contributed by atoms with Gasteiger partial charge in [0.15, 0.2) is 0 Å². The molecule has 3 heteroatoms. The van der Waals surface area contributed by atoms with E-state index in [4.69, 9.17) is 0 Å². The Morgan fingerprint density at radius 3 is 3.00 bits per heavy atom. The molecule has 1 aliphatic rings. The lowest BCUT2D eigenvalue weighted by atomic mass is 10.1. The number of amides is 1. The largest absolute Gasteiger partial charge is 0.361 e. The van der Waals surface area contributed by atoms with Crippen molar-refractivity contribution in [2.24, 2.45) is 5.92 Å². The molecule has 0 unspecified atom stereocenters. The van der Waals surface area contributed by atoms with Crippen molar-refractivity contribution in [3.05, 3.63) is 36.0 Å². The number of rotatable bonds is 3. The smallest absolute Gasteiger partial charge is 0.253 e. The normalized spacial score (nSPS) is 15.1. The molecule has 1 fully saturated rings. The quantitative estimate of drug-likeness (QED) is 0.861. The number of aromatic nitrogens is 1.